The normalized spacial score (nSPS) is 20.6. The van der Waals surface area contributed by atoms with E-state index in [4.69, 9.17) is 14.2 Å². The van der Waals surface area contributed by atoms with Crippen molar-refractivity contribution in [2.75, 3.05) is 12.1 Å². The lowest BCUT2D eigenvalue weighted by molar-refractivity contribution is -0.155. The maximum Gasteiger partial charge on any atom is 0.351 e. The molecule has 1 aliphatic heterocycles. The van der Waals surface area contributed by atoms with Crippen molar-refractivity contribution in [3.05, 3.63) is 58.1 Å². The summed E-state index contributed by atoms with van der Waals surface area (Å²) in [5.74, 6) is -0.954. The van der Waals surface area contributed by atoms with Gasteiger partial charge >= 0.3 is 17.6 Å². The Morgan fingerprint density at radius 1 is 1.27 bits per heavy atom. The third-order valence-electron chi connectivity index (χ3n) is 4.63. The van der Waals surface area contributed by atoms with Crippen LogP contribution in [0, 0.1) is 0 Å². The molecule has 0 radical (unpaired) electrons. The average Bonchev–Trinajstić information content (AvgIpc) is 3.09. The van der Waals surface area contributed by atoms with E-state index in [-0.39, 0.29) is 18.8 Å². The van der Waals surface area contributed by atoms with Gasteiger partial charge in [0, 0.05) is 38.4 Å². The van der Waals surface area contributed by atoms with Crippen LogP contribution in [0.2, 0.25) is 0 Å². The van der Waals surface area contributed by atoms with E-state index in [2.05, 4.69) is 4.98 Å². The van der Waals surface area contributed by atoms with Crippen molar-refractivity contribution in [1.29, 1.82) is 0 Å². The van der Waals surface area contributed by atoms with Crippen molar-refractivity contribution in [3.8, 4) is 0 Å². The lowest BCUT2D eigenvalue weighted by Gasteiger charge is -2.18. The summed E-state index contributed by atoms with van der Waals surface area (Å²) in [7, 11) is 0. The van der Waals surface area contributed by atoms with Gasteiger partial charge in [-0.25, -0.2) is 4.79 Å². The number of hydrogen-bond acceptors (Lipinski definition) is 9. The summed E-state index contributed by atoms with van der Waals surface area (Å²) in [4.78, 5) is 39.0. The van der Waals surface area contributed by atoms with Gasteiger partial charge in [0.15, 0.2) is 5.82 Å². The molecule has 0 amide bonds. The van der Waals surface area contributed by atoms with Crippen LogP contribution < -0.4 is 11.2 Å². The van der Waals surface area contributed by atoms with Crippen LogP contribution in [0.15, 0.2) is 41.3 Å². The van der Waals surface area contributed by atoms with Crippen LogP contribution in [-0.2, 0) is 30.2 Å². The molecule has 1 saturated heterocycles. The average molecular weight is 417 g/mol. The molecule has 3 rings (SSSR count). The minimum Gasteiger partial charge on any atom is -0.463 e. The first-order chi connectivity index (χ1) is 14.4. The number of ether oxygens (including phenoxy) is 3. The minimum atomic E-state index is -0.780. The summed E-state index contributed by atoms with van der Waals surface area (Å²) >= 11 is 0. The van der Waals surface area contributed by atoms with Crippen LogP contribution in [0.4, 0.5) is 5.82 Å². The first-order valence-corrected chi connectivity index (χ1v) is 9.39. The quantitative estimate of drug-likeness (QED) is 0.507. The van der Waals surface area contributed by atoms with Gasteiger partial charge in [0.25, 0.3) is 0 Å². The highest BCUT2D eigenvalue weighted by molar-refractivity contribution is 5.66. The zero-order valence-corrected chi connectivity index (χ0v) is 16.6. The standard InChI is InChI=1S/C20H23N3O7/c1-12(24)28-11-17-16(29-13(2)25)9-18(30-17)23-10-15(19(22-27)21-20(23)26)8-14-6-4-3-5-7-14/h3-7,10,16-18,27H,8-9,11H2,1-2H3,(H,21,22,26)/t16-,17+,18+/m0/s1. The maximum absolute atomic E-state index is 12.5. The van der Waals surface area contributed by atoms with E-state index >= 15 is 0 Å². The number of nitrogens with zero attached hydrogens (tertiary/aromatic N) is 2. The molecular weight excluding hydrogens is 394 g/mol. The van der Waals surface area contributed by atoms with Gasteiger partial charge in [0.1, 0.15) is 25.0 Å². The number of carbonyl (C=O) groups is 2. The van der Waals surface area contributed by atoms with E-state index in [0.717, 1.165) is 5.56 Å². The summed E-state index contributed by atoms with van der Waals surface area (Å²) in [6.07, 6.45) is -0.0467. The molecule has 10 nitrogen and oxygen atoms in total. The largest absolute Gasteiger partial charge is 0.463 e. The molecule has 0 unspecified atom stereocenters. The Balaban J connectivity index is 1.88. The first kappa shape index (κ1) is 21.5. The lowest BCUT2D eigenvalue weighted by Crippen LogP contribution is -2.31. The lowest BCUT2D eigenvalue weighted by atomic mass is 10.1. The van der Waals surface area contributed by atoms with Crippen LogP contribution in [0.1, 0.15) is 37.6 Å². The zero-order valence-electron chi connectivity index (χ0n) is 16.6. The fraction of sp³-hybridized carbons (Fsp3) is 0.400. The highest BCUT2D eigenvalue weighted by Crippen LogP contribution is 2.31. The van der Waals surface area contributed by atoms with Gasteiger partial charge in [-0.2, -0.15) is 4.98 Å². The molecule has 0 aliphatic carbocycles. The number of carbonyl (C=O) groups excluding carboxylic acids is 2. The fourth-order valence-electron chi connectivity index (χ4n) is 3.32. The monoisotopic (exact) mass is 417 g/mol. The molecule has 2 aromatic rings. The van der Waals surface area contributed by atoms with Crippen LogP contribution in [0.25, 0.3) is 0 Å². The maximum atomic E-state index is 12.5. The Hall–Kier alpha value is -3.24. The predicted octanol–water partition coefficient (Wildman–Crippen LogP) is 1.42. The van der Waals surface area contributed by atoms with Gasteiger partial charge in [0.2, 0.25) is 0 Å². The second kappa shape index (κ2) is 9.51. The third-order valence-corrected chi connectivity index (χ3v) is 4.63. The topological polar surface area (TPSA) is 129 Å². The molecule has 1 aliphatic rings. The molecule has 10 heteroatoms. The van der Waals surface area contributed by atoms with E-state index in [1.54, 1.807) is 6.20 Å². The Bertz CT molecular complexity index is 961. The van der Waals surface area contributed by atoms with Gasteiger partial charge in [-0.1, -0.05) is 30.3 Å². The number of aromatic nitrogens is 2. The van der Waals surface area contributed by atoms with Crippen molar-refractivity contribution in [1.82, 2.24) is 9.55 Å². The Morgan fingerprint density at radius 3 is 2.63 bits per heavy atom. The number of nitrogens with one attached hydrogen (secondary N) is 1. The molecular formula is C20H23N3O7. The summed E-state index contributed by atoms with van der Waals surface area (Å²) < 4.78 is 17.4. The van der Waals surface area contributed by atoms with E-state index in [0.29, 0.717) is 12.0 Å². The number of hydrogen-bond donors (Lipinski definition) is 2. The molecule has 2 N–H and O–H groups in total. The van der Waals surface area contributed by atoms with E-state index < -0.39 is 36.1 Å². The number of anilines is 1. The highest BCUT2D eigenvalue weighted by atomic mass is 16.6. The Kier molecular flexibility index (Phi) is 6.80. The van der Waals surface area contributed by atoms with E-state index in [9.17, 15) is 19.6 Å². The van der Waals surface area contributed by atoms with Crippen LogP contribution in [-0.4, -0.2) is 45.5 Å². The van der Waals surface area contributed by atoms with Gasteiger partial charge in [0.05, 0.1) is 0 Å². The fourth-order valence-corrected chi connectivity index (χ4v) is 3.32. The number of benzene rings is 1. The van der Waals surface area contributed by atoms with Crippen molar-refractivity contribution in [2.24, 2.45) is 0 Å². The van der Waals surface area contributed by atoms with E-state index in [1.807, 2.05) is 35.8 Å². The van der Waals surface area contributed by atoms with Crippen LogP contribution in [0.5, 0.6) is 0 Å². The van der Waals surface area contributed by atoms with Gasteiger partial charge in [-0.05, 0) is 5.56 Å². The predicted molar refractivity (Wildman–Crippen MR) is 104 cm³/mol. The molecule has 3 atom stereocenters. The smallest absolute Gasteiger partial charge is 0.351 e. The van der Waals surface area contributed by atoms with Crippen molar-refractivity contribution in [3.63, 3.8) is 0 Å². The Morgan fingerprint density at radius 2 is 2.00 bits per heavy atom. The van der Waals surface area contributed by atoms with E-state index in [1.165, 1.54) is 18.4 Å². The van der Waals surface area contributed by atoms with Gasteiger partial charge in [-0.15, -0.1) is 0 Å². The summed E-state index contributed by atoms with van der Waals surface area (Å²) in [6.45, 7) is 2.42. The van der Waals surface area contributed by atoms with Crippen molar-refractivity contribution in [2.45, 2.75) is 45.1 Å². The van der Waals surface area contributed by atoms with Gasteiger partial charge in [-0.3, -0.25) is 24.8 Å². The third kappa shape index (κ3) is 5.22. The summed E-state index contributed by atoms with van der Waals surface area (Å²) in [5.41, 5.74) is 2.83. The molecule has 160 valence electrons. The Labute approximate surface area is 172 Å². The second-order valence-electron chi connectivity index (χ2n) is 6.89. The molecule has 0 saturated carbocycles. The molecule has 0 bridgehead atoms. The molecule has 1 aromatic heterocycles. The van der Waals surface area contributed by atoms with Crippen molar-refractivity contribution < 1.29 is 29.0 Å². The molecule has 30 heavy (non-hydrogen) atoms. The SMILES string of the molecule is CC(=O)OC[C@H]1O[C@@H](n2cc(Cc3ccccc3)c(NO)nc2=O)C[C@@H]1OC(C)=O. The molecule has 1 aromatic carbocycles. The summed E-state index contributed by atoms with van der Waals surface area (Å²) in [5, 5.41) is 9.38. The van der Waals surface area contributed by atoms with Crippen LogP contribution >= 0.6 is 0 Å². The zero-order chi connectivity index (χ0) is 21.7. The van der Waals surface area contributed by atoms with Crippen molar-refractivity contribution >= 4 is 17.8 Å². The van der Waals surface area contributed by atoms with Gasteiger partial charge < -0.3 is 14.2 Å². The minimum absolute atomic E-state index is 0.0473. The molecule has 0 spiro atoms. The highest BCUT2D eigenvalue weighted by Gasteiger charge is 2.39. The molecule has 2 heterocycles. The molecule has 1 fully saturated rings. The summed E-state index contributed by atoms with van der Waals surface area (Å²) in [6, 6.07) is 9.48. The second-order valence-corrected chi connectivity index (χ2v) is 6.89. The number of rotatable bonds is 7. The van der Waals surface area contributed by atoms with Crippen LogP contribution in [0.3, 0.4) is 0 Å². The number of esters is 2. The first-order valence-electron chi connectivity index (χ1n) is 9.39.